The second kappa shape index (κ2) is 6.75. The summed E-state index contributed by atoms with van der Waals surface area (Å²) in [4.78, 5) is 14.0. The summed E-state index contributed by atoms with van der Waals surface area (Å²) in [5.41, 5.74) is 2.30. The third-order valence-electron chi connectivity index (χ3n) is 4.26. The van der Waals surface area contributed by atoms with E-state index in [1.807, 2.05) is 24.3 Å². The number of nitro groups is 1. The van der Waals surface area contributed by atoms with Crippen LogP contribution < -0.4 is 9.80 Å². The number of halogens is 1. The van der Waals surface area contributed by atoms with Gasteiger partial charge in [0.05, 0.1) is 31.1 Å². The summed E-state index contributed by atoms with van der Waals surface area (Å²) in [7, 11) is 0. The fraction of sp³-hybridized carbons (Fsp3) is 0.294. The summed E-state index contributed by atoms with van der Waals surface area (Å²) in [5, 5.41) is 10.7. The molecule has 1 fully saturated rings. The number of benzene rings is 2. The van der Waals surface area contributed by atoms with Gasteiger partial charge in [0.2, 0.25) is 0 Å². The van der Waals surface area contributed by atoms with Crippen molar-refractivity contribution in [2.45, 2.75) is 6.54 Å². The minimum atomic E-state index is -0.377. The first kappa shape index (κ1) is 15.4. The Morgan fingerprint density at radius 2 is 1.65 bits per heavy atom. The average molecular weight is 316 g/mol. The molecule has 1 heterocycles. The van der Waals surface area contributed by atoms with Gasteiger partial charge >= 0.3 is 0 Å². The van der Waals surface area contributed by atoms with Crippen molar-refractivity contribution in [1.82, 2.24) is 0 Å². The van der Waals surface area contributed by atoms with Crippen LogP contribution in [0.2, 0.25) is 0 Å². The number of quaternary nitrogens is 1. The number of non-ortho nitro benzene ring substituents is 1. The lowest BCUT2D eigenvalue weighted by atomic mass is 10.1. The van der Waals surface area contributed by atoms with Crippen LogP contribution in [0.25, 0.3) is 0 Å². The predicted octanol–water partition coefficient (Wildman–Crippen LogP) is 1.64. The number of nitrogens with one attached hydrogen (secondary N) is 1. The van der Waals surface area contributed by atoms with Crippen LogP contribution in [-0.2, 0) is 6.54 Å². The van der Waals surface area contributed by atoms with E-state index in [1.54, 1.807) is 12.1 Å². The molecule has 0 atom stereocenters. The van der Waals surface area contributed by atoms with E-state index in [-0.39, 0.29) is 16.4 Å². The molecule has 0 amide bonds. The molecule has 23 heavy (non-hydrogen) atoms. The molecule has 0 aromatic heterocycles. The van der Waals surface area contributed by atoms with Gasteiger partial charge in [0.1, 0.15) is 12.4 Å². The normalized spacial score (nSPS) is 15.6. The van der Waals surface area contributed by atoms with Gasteiger partial charge in [0, 0.05) is 23.4 Å². The van der Waals surface area contributed by atoms with Crippen molar-refractivity contribution in [3.63, 3.8) is 0 Å². The van der Waals surface area contributed by atoms with E-state index in [9.17, 15) is 14.5 Å². The largest absolute Gasteiger partial charge is 0.360 e. The molecule has 120 valence electrons. The van der Waals surface area contributed by atoms with Crippen LogP contribution in [0.3, 0.4) is 0 Å². The number of rotatable bonds is 4. The number of anilines is 1. The van der Waals surface area contributed by atoms with E-state index < -0.39 is 0 Å². The molecular weight excluding hydrogens is 297 g/mol. The average Bonchev–Trinajstić information content (AvgIpc) is 2.57. The smallest absolute Gasteiger partial charge is 0.269 e. The molecule has 1 aliphatic rings. The molecule has 3 rings (SSSR count). The van der Waals surface area contributed by atoms with Crippen molar-refractivity contribution < 1.29 is 14.2 Å². The Morgan fingerprint density at radius 1 is 1.04 bits per heavy atom. The summed E-state index contributed by atoms with van der Waals surface area (Å²) >= 11 is 0. The van der Waals surface area contributed by atoms with E-state index in [2.05, 4.69) is 4.90 Å². The third-order valence-corrected chi connectivity index (χ3v) is 4.26. The molecule has 0 spiro atoms. The highest BCUT2D eigenvalue weighted by Gasteiger charge is 2.20. The maximum atomic E-state index is 13.0. The molecule has 2 aromatic rings. The molecule has 1 aliphatic heterocycles. The molecule has 1 saturated heterocycles. The zero-order valence-corrected chi connectivity index (χ0v) is 12.7. The van der Waals surface area contributed by atoms with Gasteiger partial charge < -0.3 is 9.80 Å². The van der Waals surface area contributed by atoms with E-state index in [1.165, 1.54) is 17.0 Å². The Labute approximate surface area is 134 Å². The number of hydrogen-bond donors (Lipinski definition) is 1. The zero-order chi connectivity index (χ0) is 16.2. The molecular formula is C17H19FN3O2+. The van der Waals surface area contributed by atoms with Crippen LogP contribution in [0.1, 0.15) is 5.56 Å². The molecule has 2 aromatic carbocycles. The van der Waals surface area contributed by atoms with Crippen LogP contribution in [0, 0.1) is 15.9 Å². The van der Waals surface area contributed by atoms with Crippen molar-refractivity contribution in [3.05, 3.63) is 70.0 Å². The monoisotopic (exact) mass is 316 g/mol. The van der Waals surface area contributed by atoms with Crippen molar-refractivity contribution in [2.24, 2.45) is 0 Å². The summed E-state index contributed by atoms with van der Waals surface area (Å²) in [6.07, 6.45) is 0. The molecule has 0 saturated carbocycles. The Balaban J connectivity index is 1.54. The maximum Gasteiger partial charge on any atom is 0.269 e. The minimum absolute atomic E-state index is 0.130. The van der Waals surface area contributed by atoms with Crippen molar-refractivity contribution in [2.75, 3.05) is 31.1 Å². The molecule has 0 unspecified atom stereocenters. The number of hydrogen-bond acceptors (Lipinski definition) is 3. The highest BCUT2D eigenvalue weighted by Crippen LogP contribution is 2.15. The van der Waals surface area contributed by atoms with Crippen LogP contribution in [0.5, 0.6) is 0 Å². The molecule has 0 bridgehead atoms. The second-order valence-corrected chi connectivity index (χ2v) is 5.81. The van der Waals surface area contributed by atoms with Gasteiger partial charge in [-0.3, -0.25) is 10.1 Å². The van der Waals surface area contributed by atoms with Crippen LogP contribution >= 0.6 is 0 Å². The van der Waals surface area contributed by atoms with Gasteiger partial charge in [-0.1, -0.05) is 0 Å². The van der Waals surface area contributed by atoms with Crippen molar-refractivity contribution in [3.8, 4) is 0 Å². The first-order valence-electron chi connectivity index (χ1n) is 7.69. The van der Waals surface area contributed by atoms with Gasteiger partial charge in [0.25, 0.3) is 5.69 Å². The van der Waals surface area contributed by atoms with Gasteiger partial charge in [-0.25, -0.2) is 4.39 Å². The summed E-state index contributed by atoms with van der Waals surface area (Å²) in [6.45, 7) is 4.71. The van der Waals surface area contributed by atoms with Crippen molar-refractivity contribution >= 4 is 11.4 Å². The van der Waals surface area contributed by atoms with Crippen molar-refractivity contribution in [1.29, 1.82) is 0 Å². The molecule has 0 aliphatic carbocycles. The van der Waals surface area contributed by atoms with E-state index >= 15 is 0 Å². The number of piperazine rings is 1. The lowest BCUT2D eigenvalue weighted by Gasteiger charge is -2.33. The SMILES string of the molecule is O=[N+]([O-])c1ccc(C[NH+]2CCN(c3ccc(F)cc3)CC2)cc1. The highest BCUT2D eigenvalue weighted by atomic mass is 19.1. The fourth-order valence-electron chi connectivity index (χ4n) is 2.93. The van der Waals surface area contributed by atoms with Gasteiger partial charge in [0.15, 0.2) is 0 Å². The topological polar surface area (TPSA) is 50.8 Å². The molecule has 6 heteroatoms. The Kier molecular flexibility index (Phi) is 4.52. The Bertz CT molecular complexity index is 665. The fourth-order valence-corrected chi connectivity index (χ4v) is 2.93. The quantitative estimate of drug-likeness (QED) is 0.689. The van der Waals surface area contributed by atoms with Crippen LogP contribution in [-0.4, -0.2) is 31.1 Å². The maximum absolute atomic E-state index is 13.0. The minimum Gasteiger partial charge on any atom is -0.360 e. The van der Waals surface area contributed by atoms with E-state index in [0.29, 0.717) is 0 Å². The molecule has 1 N–H and O–H groups in total. The van der Waals surface area contributed by atoms with Gasteiger partial charge in [-0.15, -0.1) is 0 Å². The van der Waals surface area contributed by atoms with Gasteiger partial charge in [-0.05, 0) is 36.4 Å². The van der Waals surface area contributed by atoms with E-state index in [0.717, 1.165) is 44.0 Å². The van der Waals surface area contributed by atoms with E-state index in [4.69, 9.17) is 0 Å². The molecule has 5 nitrogen and oxygen atoms in total. The van der Waals surface area contributed by atoms with Crippen LogP contribution in [0.15, 0.2) is 48.5 Å². The Morgan fingerprint density at radius 3 is 2.22 bits per heavy atom. The van der Waals surface area contributed by atoms with Crippen LogP contribution in [0.4, 0.5) is 15.8 Å². The second-order valence-electron chi connectivity index (χ2n) is 5.81. The third kappa shape index (κ3) is 3.84. The summed E-state index contributed by atoms with van der Waals surface area (Å²) in [5.74, 6) is -0.212. The summed E-state index contributed by atoms with van der Waals surface area (Å²) in [6, 6.07) is 13.4. The van der Waals surface area contributed by atoms with Gasteiger partial charge in [-0.2, -0.15) is 0 Å². The standard InChI is InChI=1S/C17H18FN3O2/c18-15-3-7-16(8-4-15)20-11-9-19(10-12-20)13-14-1-5-17(6-2-14)21(22)23/h1-8H,9-13H2/p+1. The lowest BCUT2D eigenvalue weighted by Crippen LogP contribution is -3.13. The predicted molar refractivity (Wildman–Crippen MR) is 86.1 cm³/mol. The number of nitrogens with zero attached hydrogens (tertiary/aromatic N) is 2. The highest BCUT2D eigenvalue weighted by molar-refractivity contribution is 5.46. The Hall–Kier alpha value is -2.47. The first-order chi connectivity index (χ1) is 11.1. The molecule has 0 radical (unpaired) electrons. The first-order valence-corrected chi connectivity index (χ1v) is 7.69. The summed E-state index contributed by atoms with van der Waals surface area (Å²) < 4.78 is 13.0. The lowest BCUT2D eigenvalue weighted by molar-refractivity contribution is -0.914. The number of nitro benzene ring substituents is 1. The zero-order valence-electron chi connectivity index (χ0n) is 12.7.